The van der Waals surface area contributed by atoms with Crippen LogP contribution in [0.25, 0.3) is 0 Å². The molecule has 3 heterocycles. The van der Waals surface area contributed by atoms with Gasteiger partial charge >= 0.3 is 0 Å². The highest BCUT2D eigenvalue weighted by molar-refractivity contribution is 7.91. The third-order valence-electron chi connectivity index (χ3n) is 3.82. The summed E-state index contributed by atoms with van der Waals surface area (Å²) in [6.07, 6.45) is 4.17. The maximum atomic E-state index is 12.1. The molecular formula is C15H21N5O2S2. The Kier molecular flexibility index (Phi) is 5.32. The number of anilines is 2. The van der Waals surface area contributed by atoms with E-state index in [9.17, 15) is 8.42 Å². The van der Waals surface area contributed by atoms with Gasteiger partial charge in [0, 0.05) is 37.1 Å². The molecule has 0 amide bonds. The Bertz CT molecular complexity index is 785. The Balaban J connectivity index is 1.50. The zero-order valence-corrected chi connectivity index (χ0v) is 15.2. The molecule has 0 atom stereocenters. The molecule has 0 bridgehead atoms. The fraction of sp³-hybridized carbons (Fsp3) is 0.467. The van der Waals surface area contributed by atoms with Gasteiger partial charge in [0.15, 0.2) is 5.82 Å². The zero-order valence-electron chi connectivity index (χ0n) is 13.5. The summed E-state index contributed by atoms with van der Waals surface area (Å²) in [5.41, 5.74) is 1.06. The van der Waals surface area contributed by atoms with Crippen LogP contribution in [0.1, 0.15) is 17.7 Å². The molecule has 24 heavy (non-hydrogen) atoms. The molecule has 2 N–H and O–H groups in total. The van der Waals surface area contributed by atoms with Gasteiger partial charge in [-0.05, 0) is 31.9 Å². The SMILES string of the molecule is Cc1ccc(S(=O)(=O)NCCNc2cc(N3CCCC3)cnn2)s1. The van der Waals surface area contributed by atoms with Crippen molar-refractivity contribution in [1.29, 1.82) is 0 Å². The summed E-state index contributed by atoms with van der Waals surface area (Å²) in [5, 5.41) is 11.2. The molecule has 0 aromatic carbocycles. The fourth-order valence-electron chi connectivity index (χ4n) is 2.59. The lowest BCUT2D eigenvalue weighted by Gasteiger charge is -2.17. The van der Waals surface area contributed by atoms with Crippen molar-refractivity contribution < 1.29 is 8.42 Å². The monoisotopic (exact) mass is 367 g/mol. The molecule has 3 rings (SSSR count). The molecule has 0 spiro atoms. The van der Waals surface area contributed by atoms with E-state index in [-0.39, 0.29) is 6.54 Å². The standard InChI is InChI=1S/C15H21N5O2S2/c1-12-4-5-15(23-12)24(21,22)18-7-6-16-14-10-13(11-17-19-14)20-8-2-3-9-20/h4-5,10-11,18H,2-3,6-9H2,1H3,(H,16,19). The second-order valence-corrected chi connectivity index (χ2v) is 8.96. The maximum Gasteiger partial charge on any atom is 0.250 e. The van der Waals surface area contributed by atoms with Crippen molar-refractivity contribution in [2.24, 2.45) is 0 Å². The van der Waals surface area contributed by atoms with E-state index in [4.69, 9.17) is 0 Å². The number of nitrogens with one attached hydrogen (secondary N) is 2. The summed E-state index contributed by atoms with van der Waals surface area (Å²) >= 11 is 1.27. The van der Waals surface area contributed by atoms with Crippen LogP contribution in [-0.4, -0.2) is 44.8 Å². The lowest BCUT2D eigenvalue weighted by molar-refractivity contribution is 0.585. The Hall–Kier alpha value is -1.71. The molecule has 0 saturated carbocycles. The number of thiophene rings is 1. The second kappa shape index (κ2) is 7.45. The first-order valence-corrected chi connectivity index (χ1v) is 10.2. The topological polar surface area (TPSA) is 87.2 Å². The molecule has 0 radical (unpaired) electrons. The van der Waals surface area contributed by atoms with Crippen LogP contribution < -0.4 is 14.9 Å². The number of aromatic nitrogens is 2. The number of rotatable bonds is 7. The third-order valence-corrected chi connectivity index (χ3v) is 6.77. The van der Waals surface area contributed by atoms with E-state index in [1.54, 1.807) is 18.3 Å². The Labute approximate surface area is 146 Å². The minimum Gasteiger partial charge on any atom is -0.370 e. The van der Waals surface area contributed by atoms with Gasteiger partial charge in [0.1, 0.15) is 4.21 Å². The molecule has 9 heteroatoms. The highest BCUT2D eigenvalue weighted by atomic mass is 32.2. The number of sulfonamides is 1. The number of hydrogen-bond acceptors (Lipinski definition) is 7. The van der Waals surface area contributed by atoms with Crippen LogP contribution in [0, 0.1) is 6.92 Å². The van der Waals surface area contributed by atoms with Gasteiger partial charge in [-0.25, -0.2) is 13.1 Å². The summed E-state index contributed by atoms with van der Waals surface area (Å²) in [5.74, 6) is 0.658. The first kappa shape index (κ1) is 17.1. The van der Waals surface area contributed by atoms with Crippen LogP contribution in [0.2, 0.25) is 0 Å². The van der Waals surface area contributed by atoms with Crippen LogP contribution >= 0.6 is 11.3 Å². The number of hydrogen-bond donors (Lipinski definition) is 2. The van der Waals surface area contributed by atoms with Gasteiger partial charge in [0.2, 0.25) is 10.0 Å². The quantitative estimate of drug-likeness (QED) is 0.726. The van der Waals surface area contributed by atoms with Crippen molar-refractivity contribution in [1.82, 2.24) is 14.9 Å². The van der Waals surface area contributed by atoms with Gasteiger partial charge in [-0.2, -0.15) is 5.10 Å². The van der Waals surface area contributed by atoms with Crippen molar-refractivity contribution in [3.05, 3.63) is 29.3 Å². The zero-order chi connectivity index (χ0) is 17.0. The molecule has 1 aliphatic heterocycles. The molecule has 2 aromatic rings. The Morgan fingerprint density at radius 1 is 1.25 bits per heavy atom. The van der Waals surface area contributed by atoms with E-state index < -0.39 is 10.0 Å². The van der Waals surface area contributed by atoms with Crippen LogP contribution in [0.4, 0.5) is 11.5 Å². The average molecular weight is 368 g/mol. The first-order chi connectivity index (χ1) is 11.5. The van der Waals surface area contributed by atoms with Gasteiger partial charge in [-0.3, -0.25) is 0 Å². The summed E-state index contributed by atoms with van der Waals surface area (Å²) in [7, 11) is -3.43. The fourth-order valence-corrected chi connectivity index (χ4v) is 4.95. The highest BCUT2D eigenvalue weighted by Gasteiger charge is 2.16. The predicted octanol–water partition coefficient (Wildman–Crippen LogP) is 1.84. The lowest BCUT2D eigenvalue weighted by Crippen LogP contribution is -2.28. The minimum absolute atomic E-state index is 0.287. The van der Waals surface area contributed by atoms with Gasteiger partial charge in [-0.15, -0.1) is 16.4 Å². The summed E-state index contributed by atoms with van der Waals surface area (Å²) in [6.45, 7) is 4.71. The maximum absolute atomic E-state index is 12.1. The average Bonchev–Trinajstić information content (AvgIpc) is 3.23. The minimum atomic E-state index is -3.43. The smallest absolute Gasteiger partial charge is 0.250 e. The van der Waals surface area contributed by atoms with Gasteiger partial charge in [0.25, 0.3) is 0 Å². The van der Waals surface area contributed by atoms with Crippen LogP contribution in [0.3, 0.4) is 0 Å². The van der Waals surface area contributed by atoms with Gasteiger partial charge in [0.05, 0.1) is 11.9 Å². The lowest BCUT2D eigenvalue weighted by atomic mass is 10.4. The van der Waals surface area contributed by atoms with Crippen molar-refractivity contribution in [2.75, 3.05) is 36.4 Å². The third kappa shape index (κ3) is 4.22. The van der Waals surface area contributed by atoms with E-state index in [2.05, 4.69) is 25.1 Å². The van der Waals surface area contributed by atoms with Crippen LogP contribution in [-0.2, 0) is 10.0 Å². The van der Waals surface area contributed by atoms with Gasteiger partial charge < -0.3 is 10.2 Å². The molecular weight excluding hydrogens is 346 g/mol. The van der Waals surface area contributed by atoms with E-state index in [1.165, 1.54) is 24.2 Å². The number of nitrogens with zero attached hydrogens (tertiary/aromatic N) is 3. The molecule has 0 aliphatic carbocycles. The van der Waals surface area contributed by atoms with Crippen LogP contribution in [0.5, 0.6) is 0 Å². The molecule has 1 fully saturated rings. The van der Waals surface area contributed by atoms with Crippen LogP contribution in [0.15, 0.2) is 28.6 Å². The van der Waals surface area contributed by atoms with Crippen molar-refractivity contribution in [3.63, 3.8) is 0 Å². The predicted molar refractivity (Wildman–Crippen MR) is 96.2 cm³/mol. The molecule has 1 aliphatic rings. The summed E-state index contributed by atoms with van der Waals surface area (Å²) in [6, 6.07) is 5.38. The molecule has 0 unspecified atom stereocenters. The summed E-state index contributed by atoms with van der Waals surface area (Å²) < 4.78 is 27.2. The normalized spacial score (nSPS) is 15.0. The highest BCUT2D eigenvalue weighted by Crippen LogP contribution is 2.21. The van der Waals surface area contributed by atoms with Crippen molar-refractivity contribution >= 4 is 32.9 Å². The molecule has 2 aromatic heterocycles. The molecule has 1 saturated heterocycles. The van der Waals surface area contributed by atoms with Crippen molar-refractivity contribution in [2.45, 2.75) is 24.0 Å². The summed E-state index contributed by atoms with van der Waals surface area (Å²) in [4.78, 5) is 3.25. The Morgan fingerprint density at radius 3 is 2.75 bits per heavy atom. The molecule has 130 valence electrons. The van der Waals surface area contributed by atoms with E-state index in [0.29, 0.717) is 16.6 Å². The van der Waals surface area contributed by atoms with E-state index in [0.717, 1.165) is 23.7 Å². The Morgan fingerprint density at radius 2 is 2.04 bits per heavy atom. The number of aryl methyl sites for hydroxylation is 1. The van der Waals surface area contributed by atoms with Gasteiger partial charge in [-0.1, -0.05) is 0 Å². The van der Waals surface area contributed by atoms with E-state index in [1.807, 2.05) is 13.0 Å². The second-order valence-electron chi connectivity index (χ2n) is 5.68. The van der Waals surface area contributed by atoms with E-state index >= 15 is 0 Å². The first-order valence-electron chi connectivity index (χ1n) is 7.92. The van der Waals surface area contributed by atoms with Crippen molar-refractivity contribution in [3.8, 4) is 0 Å². The largest absolute Gasteiger partial charge is 0.370 e. The molecule has 7 nitrogen and oxygen atoms in total.